The third kappa shape index (κ3) is 7.56. The summed E-state index contributed by atoms with van der Waals surface area (Å²) in [5.41, 5.74) is 1.07. The van der Waals surface area contributed by atoms with E-state index in [4.69, 9.17) is 4.74 Å². The smallest absolute Gasteiger partial charge is 0.233 e. The van der Waals surface area contributed by atoms with Gasteiger partial charge >= 0.3 is 0 Å². The molecule has 1 atom stereocenters. The Morgan fingerprint density at radius 2 is 2.11 bits per heavy atom. The fourth-order valence-corrected chi connectivity index (χ4v) is 1.56. The quantitative estimate of drug-likeness (QED) is 0.601. The maximum absolute atomic E-state index is 11.1. The lowest BCUT2D eigenvalue weighted by Gasteiger charge is -2.12. The molecule has 0 aromatic heterocycles. The predicted molar refractivity (Wildman–Crippen MR) is 73.7 cm³/mol. The third-order valence-electron chi connectivity index (χ3n) is 2.46. The lowest BCUT2D eigenvalue weighted by atomic mass is 10.2. The first kappa shape index (κ1) is 15.6. The molecule has 106 valence electrons. The van der Waals surface area contributed by atoms with Crippen molar-refractivity contribution in [1.82, 2.24) is 10.6 Å². The van der Waals surface area contributed by atoms with Crippen molar-refractivity contribution < 1.29 is 14.6 Å². The summed E-state index contributed by atoms with van der Waals surface area (Å²) in [6.45, 7) is 3.76. The number of benzene rings is 1. The first-order chi connectivity index (χ1) is 9.22. The molecule has 1 rings (SSSR count). The van der Waals surface area contributed by atoms with Crippen LogP contribution in [0.15, 0.2) is 30.3 Å². The Labute approximate surface area is 114 Å². The summed E-state index contributed by atoms with van der Waals surface area (Å²) in [7, 11) is 0. The van der Waals surface area contributed by atoms with Crippen LogP contribution in [0.1, 0.15) is 12.5 Å². The van der Waals surface area contributed by atoms with E-state index >= 15 is 0 Å². The van der Waals surface area contributed by atoms with Gasteiger partial charge in [0.15, 0.2) is 0 Å². The number of aliphatic hydroxyl groups excluding tert-OH is 1. The fourth-order valence-electron chi connectivity index (χ4n) is 1.56. The molecule has 0 aliphatic carbocycles. The van der Waals surface area contributed by atoms with Gasteiger partial charge in [-0.1, -0.05) is 30.3 Å². The van der Waals surface area contributed by atoms with E-state index in [1.807, 2.05) is 37.3 Å². The van der Waals surface area contributed by atoms with Crippen molar-refractivity contribution in [1.29, 1.82) is 0 Å². The molecule has 1 unspecified atom stereocenters. The Bertz CT molecular complexity index is 357. The summed E-state index contributed by atoms with van der Waals surface area (Å²) in [5.74, 6) is -0.0695. The van der Waals surface area contributed by atoms with Gasteiger partial charge in [0.25, 0.3) is 0 Å². The number of amides is 1. The predicted octanol–water partition coefficient (Wildman–Crippen LogP) is 0.290. The van der Waals surface area contributed by atoms with E-state index in [-0.39, 0.29) is 19.1 Å². The van der Waals surface area contributed by atoms with Gasteiger partial charge < -0.3 is 20.5 Å². The minimum absolute atomic E-state index is 0.0695. The van der Waals surface area contributed by atoms with Crippen molar-refractivity contribution >= 4 is 5.91 Å². The fraction of sp³-hybridized carbons (Fsp3) is 0.500. The lowest BCUT2D eigenvalue weighted by Crippen LogP contribution is -2.38. The Morgan fingerprint density at radius 1 is 1.37 bits per heavy atom. The van der Waals surface area contributed by atoms with Crippen LogP contribution in [0.2, 0.25) is 0 Å². The monoisotopic (exact) mass is 266 g/mol. The molecule has 0 saturated heterocycles. The molecule has 3 N–H and O–H groups in total. The van der Waals surface area contributed by atoms with Gasteiger partial charge in [0.1, 0.15) is 0 Å². The molecule has 0 aliphatic rings. The van der Waals surface area contributed by atoms with Crippen molar-refractivity contribution in [2.75, 3.05) is 26.2 Å². The Kier molecular flexibility index (Phi) is 7.81. The van der Waals surface area contributed by atoms with Gasteiger partial charge in [-0.2, -0.15) is 0 Å². The molecule has 5 nitrogen and oxygen atoms in total. The number of hydrogen-bond donors (Lipinski definition) is 3. The number of rotatable bonds is 9. The second-order valence-electron chi connectivity index (χ2n) is 4.24. The zero-order chi connectivity index (χ0) is 13.9. The minimum atomic E-state index is -0.613. The highest BCUT2D eigenvalue weighted by Gasteiger charge is 2.05. The number of aliphatic hydroxyl groups is 1. The zero-order valence-corrected chi connectivity index (χ0v) is 11.3. The topological polar surface area (TPSA) is 70.6 Å². The third-order valence-corrected chi connectivity index (χ3v) is 2.46. The van der Waals surface area contributed by atoms with Crippen LogP contribution in [0.4, 0.5) is 0 Å². The molecule has 0 bridgehead atoms. The van der Waals surface area contributed by atoms with Crippen LogP contribution in [-0.4, -0.2) is 43.4 Å². The standard InChI is InChI=1S/C14H22N2O3/c1-2-16-14(18)9-15-8-13(17)11-19-10-12-6-4-3-5-7-12/h3-7,13,15,17H,2,8-11H2,1H3,(H,16,18). The average Bonchev–Trinajstić information content (AvgIpc) is 2.40. The molecule has 1 aromatic carbocycles. The molecule has 1 amide bonds. The van der Waals surface area contributed by atoms with E-state index in [2.05, 4.69) is 10.6 Å². The molecule has 0 fully saturated rings. The Morgan fingerprint density at radius 3 is 2.79 bits per heavy atom. The lowest BCUT2D eigenvalue weighted by molar-refractivity contribution is -0.120. The van der Waals surface area contributed by atoms with Crippen molar-refractivity contribution in [3.05, 3.63) is 35.9 Å². The largest absolute Gasteiger partial charge is 0.389 e. The molecule has 0 spiro atoms. The van der Waals surface area contributed by atoms with Crippen LogP contribution < -0.4 is 10.6 Å². The molecule has 0 heterocycles. The number of ether oxygens (including phenoxy) is 1. The van der Waals surface area contributed by atoms with E-state index in [0.29, 0.717) is 19.7 Å². The highest BCUT2D eigenvalue weighted by Crippen LogP contribution is 2.00. The van der Waals surface area contributed by atoms with Crippen LogP contribution in [-0.2, 0) is 16.1 Å². The molecule has 0 aliphatic heterocycles. The van der Waals surface area contributed by atoms with Crippen LogP contribution in [0.3, 0.4) is 0 Å². The first-order valence-electron chi connectivity index (χ1n) is 6.49. The van der Waals surface area contributed by atoms with E-state index in [1.54, 1.807) is 0 Å². The first-order valence-corrected chi connectivity index (χ1v) is 6.49. The summed E-state index contributed by atoms with van der Waals surface area (Å²) in [5, 5.41) is 15.2. The van der Waals surface area contributed by atoms with Crippen LogP contribution in [0, 0.1) is 0 Å². The van der Waals surface area contributed by atoms with E-state index in [1.165, 1.54) is 0 Å². The number of carbonyl (C=O) groups is 1. The number of nitrogens with one attached hydrogen (secondary N) is 2. The van der Waals surface area contributed by atoms with Crippen LogP contribution >= 0.6 is 0 Å². The Hall–Kier alpha value is -1.43. The molecule has 19 heavy (non-hydrogen) atoms. The average molecular weight is 266 g/mol. The van der Waals surface area contributed by atoms with Gasteiger partial charge in [-0.3, -0.25) is 4.79 Å². The highest BCUT2D eigenvalue weighted by atomic mass is 16.5. The zero-order valence-electron chi connectivity index (χ0n) is 11.3. The summed E-state index contributed by atoms with van der Waals surface area (Å²) < 4.78 is 5.40. The van der Waals surface area contributed by atoms with Crippen LogP contribution in [0.25, 0.3) is 0 Å². The number of likely N-dealkylation sites (N-methyl/N-ethyl adjacent to an activating group) is 1. The normalized spacial score (nSPS) is 12.1. The van der Waals surface area contributed by atoms with Gasteiger partial charge in [-0.25, -0.2) is 0 Å². The number of hydrogen-bond acceptors (Lipinski definition) is 4. The van der Waals surface area contributed by atoms with Crippen molar-refractivity contribution in [3.63, 3.8) is 0 Å². The van der Waals surface area contributed by atoms with Gasteiger partial charge in [-0.15, -0.1) is 0 Å². The van der Waals surface area contributed by atoms with Gasteiger partial charge in [0.05, 0.1) is 25.9 Å². The molecule has 0 saturated carbocycles. The molecule has 5 heteroatoms. The number of carbonyl (C=O) groups excluding carboxylic acids is 1. The summed E-state index contributed by atoms with van der Waals surface area (Å²) in [4.78, 5) is 11.1. The van der Waals surface area contributed by atoms with E-state index in [9.17, 15) is 9.90 Å². The maximum Gasteiger partial charge on any atom is 0.233 e. The molecular formula is C14H22N2O3. The van der Waals surface area contributed by atoms with E-state index in [0.717, 1.165) is 5.56 Å². The summed E-state index contributed by atoms with van der Waals surface area (Å²) in [6.07, 6.45) is -0.613. The van der Waals surface area contributed by atoms with Crippen LogP contribution in [0.5, 0.6) is 0 Å². The highest BCUT2D eigenvalue weighted by molar-refractivity contribution is 5.77. The molecular weight excluding hydrogens is 244 g/mol. The van der Waals surface area contributed by atoms with Gasteiger partial charge in [-0.05, 0) is 12.5 Å². The van der Waals surface area contributed by atoms with Crippen molar-refractivity contribution in [2.45, 2.75) is 19.6 Å². The van der Waals surface area contributed by atoms with Crippen molar-refractivity contribution in [2.24, 2.45) is 0 Å². The van der Waals surface area contributed by atoms with E-state index < -0.39 is 6.10 Å². The van der Waals surface area contributed by atoms with Gasteiger partial charge in [0, 0.05) is 13.1 Å². The van der Waals surface area contributed by atoms with Crippen molar-refractivity contribution in [3.8, 4) is 0 Å². The maximum atomic E-state index is 11.1. The molecule has 1 aromatic rings. The van der Waals surface area contributed by atoms with Gasteiger partial charge in [0.2, 0.25) is 5.91 Å². The SMILES string of the molecule is CCNC(=O)CNCC(O)COCc1ccccc1. The molecule has 0 radical (unpaired) electrons. The summed E-state index contributed by atoms with van der Waals surface area (Å²) in [6, 6.07) is 9.79. The summed E-state index contributed by atoms with van der Waals surface area (Å²) >= 11 is 0. The second kappa shape index (κ2) is 9.49. The minimum Gasteiger partial charge on any atom is -0.389 e. The second-order valence-corrected chi connectivity index (χ2v) is 4.24. The Balaban J connectivity index is 2.05.